The SMILES string of the molecule is Cc1c(C(=O)NC(CCl)CC(C)C)cccc1[N+](=O)[O-]. The van der Waals surface area contributed by atoms with Crippen molar-refractivity contribution < 1.29 is 9.72 Å². The van der Waals surface area contributed by atoms with Crippen LogP contribution in [-0.2, 0) is 0 Å². The number of nitrogens with zero attached hydrogens (tertiary/aromatic N) is 1. The van der Waals surface area contributed by atoms with E-state index in [0.29, 0.717) is 22.9 Å². The van der Waals surface area contributed by atoms with Crippen molar-refractivity contribution in [3.05, 3.63) is 39.4 Å². The molecule has 0 spiro atoms. The molecular formula is C14H19ClN2O3. The van der Waals surface area contributed by atoms with E-state index < -0.39 is 4.92 Å². The van der Waals surface area contributed by atoms with Crippen LogP contribution in [-0.4, -0.2) is 22.8 Å². The van der Waals surface area contributed by atoms with Crippen molar-refractivity contribution in [1.82, 2.24) is 5.32 Å². The molecule has 0 bridgehead atoms. The van der Waals surface area contributed by atoms with Gasteiger partial charge in [-0.2, -0.15) is 0 Å². The summed E-state index contributed by atoms with van der Waals surface area (Å²) in [5.41, 5.74) is 0.634. The van der Waals surface area contributed by atoms with E-state index in [1.807, 2.05) is 13.8 Å². The molecule has 20 heavy (non-hydrogen) atoms. The number of benzene rings is 1. The van der Waals surface area contributed by atoms with Crippen molar-refractivity contribution >= 4 is 23.2 Å². The van der Waals surface area contributed by atoms with E-state index in [1.165, 1.54) is 12.1 Å². The molecule has 1 unspecified atom stereocenters. The van der Waals surface area contributed by atoms with Gasteiger partial charge in [-0.15, -0.1) is 11.6 Å². The van der Waals surface area contributed by atoms with Crippen LogP contribution in [0.3, 0.4) is 0 Å². The van der Waals surface area contributed by atoms with Gasteiger partial charge in [-0.1, -0.05) is 19.9 Å². The Balaban J connectivity index is 2.92. The van der Waals surface area contributed by atoms with Crippen LogP contribution in [0.1, 0.15) is 36.2 Å². The van der Waals surface area contributed by atoms with Gasteiger partial charge in [-0.25, -0.2) is 0 Å². The number of halogens is 1. The van der Waals surface area contributed by atoms with Gasteiger partial charge < -0.3 is 5.32 Å². The summed E-state index contributed by atoms with van der Waals surface area (Å²) in [5, 5.41) is 13.7. The lowest BCUT2D eigenvalue weighted by Crippen LogP contribution is -2.37. The van der Waals surface area contributed by atoms with Crippen LogP contribution in [0.15, 0.2) is 18.2 Å². The summed E-state index contributed by atoms with van der Waals surface area (Å²) in [4.78, 5) is 22.6. The smallest absolute Gasteiger partial charge is 0.273 e. The molecule has 110 valence electrons. The normalized spacial score (nSPS) is 12.2. The lowest BCUT2D eigenvalue weighted by atomic mass is 10.0. The standard InChI is InChI=1S/C14H19ClN2O3/c1-9(2)7-11(8-15)16-14(18)12-5-4-6-13(10(12)3)17(19)20/h4-6,9,11H,7-8H2,1-3H3,(H,16,18). The number of carbonyl (C=O) groups is 1. The predicted octanol–water partition coefficient (Wildman–Crippen LogP) is 3.29. The second kappa shape index (κ2) is 7.24. The van der Waals surface area contributed by atoms with Gasteiger partial charge in [-0.3, -0.25) is 14.9 Å². The van der Waals surface area contributed by atoms with E-state index in [2.05, 4.69) is 5.32 Å². The second-order valence-corrected chi connectivity index (χ2v) is 5.47. The summed E-state index contributed by atoms with van der Waals surface area (Å²) >= 11 is 5.84. The zero-order valence-corrected chi connectivity index (χ0v) is 12.6. The van der Waals surface area contributed by atoms with Gasteiger partial charge in [0, 0.05) is 29.1 Å². The van der Waals surface area contributed by atoms with Gasteiger partial charge >= 0.3 is 0 Å². The molecule has 5 nitrogen and oxygen atoms in total. The Morgan fingerprint density at radius 3 is 2.60 bits per heavy atom. The third-order valence-corrected chi connectivity index (χ3v) is 3.40. The summed E-state index contributed by atoms with van der Waals surface area (Å²) < 4.78 is 0. The molecule has 0 aliphatic heterocycles. The fourth-order valence-corrected chi connectivity index (χ4v) is 2.26. The summed E-state index contributed by atoms with van der Waals surface area (Å²) in [6.45, 7) is 5.67. The third kappa shape index (κ3) is 4.20. The number of amides is 1. The van der Waals surface area contributed by atoms with Crippen molar-refractivity contribution in [2.45, 2.75) is 33.2 Å². The molecule has 1 atom stereocenters. The highest BCUT2D eigenvalue weighted by molar-refractivity contribution is 6.18. The monoisotopic (exact) mass is 298 g/mol. The van der Waals surface area contributed by atoms with Gasteiger partial charge in [0.1, 0.15) is 0 Å². The lowest BCUT2D eigenvalue weighted by Gasteiger charge is -2.18. The number of nitro benzene ring substituents is 1. The topological polar surface area (TPSA) is 72.2 Å². The van der Waals surface area contributed by atoms with Gasteiger partial charge in [-0.05, 0) is 25.3 Å². The van der Waals surface area contributed by atoms with Crippen molar-refractivity contribution in [3.8, 4) is 0 Å². The highest BCUT2D eigenvalue weighted by atomic mass is 35.5. The molecule has 1 rings (SSSR count). The first-order valence-electron chi connectivity index (χ1n) is 6.47. The highest BCUT2D eigenvalue weighted by Crippen LogP contribution is 2.21. The fourth-order valence-electron chi connectivity index (χ4n) is 2.06. The molecule has 1 aromatic carbocycles. The van der Waals surface area contributed by atoms with E-state index in [1.54, 1.807) is 13.0 Å². The molecule has 0 fully saturated rings. The molecule has 0 aliphatic rings. The summed E-state index contributed by atoms with van der Waals surface area (Å²) in [6, 6.07) is 4.35. The number of nitrogens with one attached hydrogen (secondary N) is 1. The van der Waals surface area contributed by atoms with E-state index in [0.717, 1.165) is 6.42 Å². The summed E-state index contributed by atoms with van der Waals surface area (Å²) in [5.74, 6) is 0.403. The van der Waals surface area contributed by atoms with E-state index >= 15 is 0 Å². The predicted molar refractivity (Wildman–Crippen MR) is 79.3 cm³/mol. The van der Waals surface area contributed by atoms with Crippen LogP contribution < -0.4 is 5.32 Å². The maximum Gasteiger partial charge on any atom is 0.273 e. The number of hydrogen-bond acceptors (Lipinski definition) is 3. The second-order valence-electron chi connectivity index (χ2n) is 5.16. The quantitative estimate of drug-likeness (QED) is 0.497. The van der Waals surface area contributed by atoms with Crippen LogP contribution in [0.25, 0.3) is 0 Å². The zero-order valence-electron chi connectivity index (χ0n) is 11.9. The Labute approximate surface area is 123 Å². The Hall–Kier alpha value is -1.62. The first-order chi connectivity index (χ1) is 9.36. The van der Waals surface area contributed by atoms with Crippen molar-refractivity contribution in [2.75, 3.05) is 5.88 Å². The van der Waals surface area contributed by atoms with E-state index in [-0.39, 0.29) is 17.6 Å². The molecule has 1 aromatic rings. The molecule has 1 amide bonds. The Morgan fingerprint density at radius 1 is 1.45 bits per heavy atom. The highest BCUT2D eigenvalue weighted by Gasteiger charge is 2.20. The molecular weight excluding hydrogens is 280 g/mol. The summed E-state index contributed by atoms with van der Waals surface area (Å²) in [7, 11) is 0. The maximum absolute atomic E-state index is 12.2. The molecule has 0 saturated heterocycles. The van der Waals surface area contributed by atoms with Gasteiger partial charge in [0.15, 0.2) is 0 Å². The number of alkyl halides is 1. The average Bonchev–Trinajstić information content (AvgIpc) is 2.37. The average molecular weight is 299 g/mol. The number of hydrogen-bond donors (Lipinski definition) is 1. The molecule has 6 heteroatoms. The number of nitro groups is 1. The zero-order chi connectivity index (χ0) is 15.3. The Kier molecular flexibility index (Phi) is 5.95. The molecule has 0 aromatic heterocycles. The number of carbonyl (C=O) groups excluding carboxylic acids is 1. The molecule has 0 saturated carbocycles. The van der Waals surface area contributed by atoms with Gasteiger partial charge in [0.25, 0.3) is 11.6 Å². The molecule has 0 radical (unpaired) electrons. The summed E-state index contributed by atoms with van der Waals surface area (Å²) in [6.07, 6.45) is 0.767. The van der Waals surface area contributed by atoms with Crippen molar-refractivity contribution in [1.29, 1.82) is 0 Å². The van der Waals surface area contributed by atoms with Gasteiger partial charge in [0.05, 0.1) is 4.92 Å². The van der Waals surface area contributed by atoms with Crippen molar-refractivity contribution in [3.63, 3.8) is 0 Å². The Bertz CT molecular complexity index is 503. The fraction of sp³-hybridized carbons (Fsp3) is 0.500. The van der Waals surface area contributed by atoms with Crippen molar-refractivity contribution in [2.24, 2.45) is 5.92 Å². The van der Waals surface area contributed by atoms with Crippen LogP contribution >= 0.6 is 11.6 Å². The van der Waals surface area contributed by atoms with Crippen LogP contribution in [0.5, 0.6) is 0 Å². The van der Waals surface area contributed by atoms with Crippen LogP contribution in [0.2, 0.25) is 0 Å². The minimum absolute atomic E-state index is 0.0519. The van der Waals surface area contributed by atoms with Gasteiger partial charge in [0.2, 0.25) is 0 Å². The largest absolute Gasteiger partial charge is 0.348 e. The number of rotatable bonds is 6. The van der Waals surface area contributed by atoms with Crippen LogP contribution in [0.4, 0.5) is 5.69 Å². The van der Waals surface area contributed by atoms with E-state index in [9.17, 15) is 14.9 Å². The first kappa shape index (κ1) is 16.4. The Morgan fingerprint density at radius 2 is 2.10 bits per heavy atom. The maximum atomic E-state index is 12.2. The molecule has 1 N–H and O–H groups in total. The molecule has 0 aliphatic carbocycles. The van der Waals surface area contributed by atoms with E-state index in [4.69, 9.17) is 11.6 Å². The minimum Gasteiger partial charge on any atom is -0.348 e. The minimum atomic E-state index is -0.487. The molecule has 0 heterocycles. The first-order valence-corrected chi connectivity index (χ1v) is 7.01. The lowest BCUT2D eigenvalue weighted by molar-refractivity contribution is -0.385. The third-order valence-electron chi connectivity index (χ3n) is 3.02. The van der Waals surface area contributed by atoms with Crippen LogP contribution in [0, 0.1) is 23.0 Å².